The molecule has 1 unspecified atom stereocenters. The first-order valence-electron chi connectivity index (χ1n) is 10.5. The van der Waals surface area contributed by atoms with Crippen LogP contribution in [0.2, 0.25) is 10.0 Å². The summed E-state index contributed by atoms with van der Waals surface area (Å²) in [5.74, 6) is 0.327. The van der Waals surface area contributed by atoms with Crippen molar-refractivity contribution in [3.05, 3.63) is 63.6 Å². The van der Waals surface area contributed by atoms with Crippen LogP contribution in [0.3, 0.4) is 0 Å². The molecule has 5 nitrogen and oxygen atoms in total. The number of halogens is 3. The van der Waals surface area contributed by atoms with E-state index >= 15 is 0 Å². The molecule has 3 aromatic rings. The molecule has 0 saturated carbocycles. The molecular formula is C23H25Cl2FN4O. The highest BCUT2D eigenvalue weighted by Gasteiger charge is 2.23. The zero-order valence-electron chi connectivity index (χ0n) is 17.4. The quantitative estimate of drug-likeness (QED) is 0.545. The highest BCUT2D eigenvalue weighted by atomic mass is 35.5. The number of rotatable bonds is 7. The van der Waals surface area contributed by atoms with Gasteiger partial charge in [-0.05, 0) is 62.7 Å². The number of carbonyl (C=O) groups excluding carboxylic acids is 1. The van der Waals surface area contributed by atoms with Crippen LogP contribution in [-0.4, -0.2) is 46.5 Å². The highest BCUT2D eigenvalue weighted by Crippen LogP contribution is 2.31. The molecular weight excluding hydrogens is 438 g/mol. The number of benzene rings is 2. The van der Waals surface area contributed by atoms with Crippen molar-refractivity contribution in [2.24, 2.45) is 0 Å². The molecule has 0 radical (unpaired) electrons. The Labute approximate surface area is 191 Å². The maximum Gasteiger partial charge on any atom is 0.242 e. The van der Waals surface area contributed by atoms with Gasteiger partial charge in [0, 0.05) is 19.5 Å². The summed E-state index contributed by atoms with van der Waals surface area (Å²) < 4.78 is 15.2. The second-order valence-corrected chi connectivity index (χ2v) is 8.79. The van der Waals surface area contributed by atoms with E-state index in [0.717, 1.165) is 30.7 Å². The maximum atomic E-state index is 13.3. The first kappa shape index (κ1) is 22.1. The summed E-state index contributed by atoms with van der Waals surface area (Å²) in [5, 5.41) is 3.87. The van der Waals surface area contributed by atoms with Gasteiger partial charge in [-0.2, -0.15) is 0 Å². The fraction of sp³-hybridized carbons (Fsp3) is 0.391. The Morgan fingerprint density at radius 1 is 1.16 bits per heavy atom. The van der Waals surface area contributed by atoms with Gasteiger partial charge in [-0.15, -0.1) is 0 Å². The van der Waals surface area contributed by atoms with Crippen molar-refractivity contribution in [1.29, 1.82) is 0 Å². The average molecular weight is 463 g/mol. The Morgan fingerprint density at radius 2 is 1.84 bits per heavy atom. The summed E-state index contributed by atoms with van der Waals surface area (Å²) >= 11 is 12.5. The van der Waals surface area contributed by atoms with Gasteiger partial charge in [0.2, 0.25) is 5.91 Å². The molecule has 2 aromatic carbocycles. The molecule has 2 heterocycles. The van der Waals surface area contributed by atoms with Gasteiger partial charge in [0.25, 0.3) is 0 Å². The largest absolute Gasteiger partial charge is 0.353 e. The van der Waals surface area contributed by atoms with E-state index in [2.05, 4.69) is 10.2 Å². The van der Waals surface area contributed by atoms with Gasteiger partial charge in [-0.25, -0.2) is 9.37 Å². The molecule has 0 spiro atoms. The van der Waals surface area contributed by atoms with Crippen molar-refractivity contribution < 1.29 is 9.18 Å². The number of nitrogens with zero attached hydrogens (tertiary/aromatic N) is 3. The molecule has 1 atom stereocenters. The Balaban J connectivity index is 1.60. The predicted octanol–water partition coefficient (Wildman–Crippen LogP) is 4.85. The van der Waals surface area contributed by atoms with E-state index in [1.807, 2.05) is 11.5 Å². The van der Waals surface area contributed by atoms with Gasteiger partial charge in [-0.1, -0.05) is 35.3 Å². The number of carbonyl (C=O) groups is 1. The molecule has 1 N–H and O–H groups in total. The van der Waals surface area contributed by atoms with E-state index in [1.165, 1.54) is 25.0 Å². The predicted molar refractivity (Wildman–Crippen MR) is 122 cm³/mol. The van der Waals surface area contributed by atoms with Crippen molar-refractivity contribution in [2.45, 2.75) is 32.2 Å². The number of fused-ring (bicyclic) bond motifs is 1. The molecule has 1 amide bonds. The van der Waals surface area contributed by atoms with Crippen LogP contribution in [0.4, 0.5) is 4.39 Å². The molecule has 1 aromatic heterocycles. The van der Waals surface area contributed by atoms with E-state index < -0.39 is 6.04 Å². The Morgan fingerprint density at radius 3 is 2.55 bits per heavy atom. The Hall–Kier alpha value is -2.15. The average Bonchev–Trinajstić information content (AvgIpc) is 3.37. The van der Waals surface area contributed by atoms with E-state index in [-0.39, 0.29) is 11.7 Å². The lowest BCUT2D eigenvalue weighted by molar-refractivity contribution is -0.123. The molecule has 1 saturated heterocycles. The second-order valence-electron chi connectivity index (χ2n) is 7.97. The Bertz CT molecular complexity index is 1080. The number of hydrogen-bond donors (Lipinski definition) is 1. The second kappa shape index (κ2) is 9.55. The first-order valence-corrected chi connectivity index (χ1v) is 11.3. The van der Waals surface area contributed by atoms with Crippen molar-refractivity contribution in [3.63, 3.8) is 0 Å². The third-order valence-electron chi connectivity index (χ3n) is 5.77. The van der Waals surface area contributed by atoms with E-state index in [0.29, 0.717) is 34.4 Å². The number of aromatic nitrogens is 2. The van der Waals surface area contributed by atoms with E-state index in [9.17, 15) is 9.18 Å². The van der Waals surface area contributed by atoms with Gasteiger partial charge in [-0.3, -0.25) is 4.79 Å². The van der Waals surface area contributed by atoms with Crippen molar-refractivity contribution >= 4 is 40.1 Å². The van der Waals surface area contributed by atoms with Crippen LogP contribution in [0.15, 0.2) is 36.4 Å². The lowest BCUT2D eigenvalue weighted by Gasteiger charge is -2.19. The zero-order chi connectivity index (χ0) is 22.0. The van der Waals surface area contributed by atoms with Gasteiger partial charge < -0.3 is 14.8 Å². The molecule has 8 heteroatoms. The molecule has 0 aliphatic carbocycles. The SMILES string of the molecule is CC(C(=O)NCCN1CCCC1)n1c(Cc2ccc(F)cc2)nc2cc(Cl)c(Cl)cc21. The molecule has 31 heavy (non-hydrogen) atoms. The lowest BCUT2D eigenvalue weighted by Crippen LogP contribution is -2.37. The number of imidazole rings is 1. The summed E-state index contributed by atoms with van der Waals surface area (Å²) in [6.45, 7) is 5.50. The fourth-order valence-electron chi connectivity index (χ4n) is 4.09. The van der Waals surface area contributed by atoms with Gasteiger partial charge in [0.15, 0.2) is 0 Å². The van der Waals surface area contributed by atoms with Crippen LogP contribution >= 0.6 is 23.2 Å². The third kappa shape index (κ3) is 5.03. The van der Waals surface area contributed by atoms with Crippen LogP contribution < -0.4 is 5.32 Å². The van der Waals surface area contributed by atoms with Gasteiger partial charge >= 0.3 is 0 Å². The lowest BCUT2D eigenvalue weighted by atomic mass is 10.1. The van der Waals surface area contributed by atoms with E-state index in [1.54, 1.807) is 24.3 Å². The fourth-order valence-corrected chi connectivity index (χ4v) is 4.41. The van der Waals surface area contributed by atoms with Crippen LogP contribution in [0, 0.1) is 5.82 Å². The summed E-state index contributed by atoms with van der Waals surface area (Å²) in [6, 6.07) is 9.25. The Kier molecular flexibility index (Phi) is 6.80. The van der Waals surface area contributed by atoms with Crippen molar-refractivity contribution in [2.75, 3.05) is 26.2 Å². The molecule has 1 aliphatic rings. The summed E-state index contributed by atoms with van der Waals surface area (Å²) in [7, 11) is 0. The summed E-state index contributed by atoms with van der Waals surface area (Å²) in [4.78, 5) is 20.1. The van der Waals surface area contributed by atoms with Crippen molar-refractivity contribution in [1.82, 2.24) is 19.8 Å². The zero-order valence-corrected chi connectivity index (χ0v) is 18.9. The third-order valence-corrected chi connectivity index (χ3v) is 6.49. The first-order chi connectivity index (χ1) is 14.9. The van der Waals surface area contributed by atoms with Crippen LogP contribution in [0.1, 0.15) is 37.2 Å². The minimum absolute atomic E-state index is 0.0788. The maximum absolute atomic E-state index is 13.3. The molecule has 1 aliphatic heterocycles. The number of likely N-dealkylation sites (tertiary alicyclic amines) is 1. The molecule has 164 valence electrons. The topological polar surface area (TPSA) is 50.2 Å². The van der Waals surface area contributed by atoms with Crippen molar-refractivity contribution in [3.8, 4) is 0 Å². The van der Waals surface area contributed by atoms with Gasteiger partial charge in [0.05, 0.1) is 21.1 Å². The number of hydrogen-bond acceptors (Lipinski definition) is 3. The van der Waals surface area contributed by atoms with Crippen LogP contribution in [-0.2, 0) is 11.2 Å². The minimum atomic E-state index is -0.490. The highest BCUT2D eigenvalue weighted by molar-refractivity contribution is 6.42. The number of amides is 1. The molecule has 0 bridgehead atoms. The summed E-state index contributed by atoms with van der Waals surface area (Å²) in [6.07, 6.45) is 2.90. The summed E-state index contributed by atoms with van der Waals surface area (Å²) in [5.41, 5.74) is 2.31. The standard InChI is InChI=1S/C23H25Cl2FN4O/c1-15(23(31)27-8-11-29-9-2-3-10-29)30-21-14-19(25)18(24)13-20(21)28-22(30)12-16-4-6-17(26)7-5-16/h4-7,13-15H,2-3,8-12H2,1H3,(H,27,31). The van der Waals surface area contributed by atoms with Crippen LogP contribution in [0.25, 0.3) is 11.0 Å². The van der Waals surface area contributed by atoms with Gasteiger partial charge in [0.1, 0.15) is 17.7 Å². The van der Waals surface area contributed by atoms with Crippen LogP contribution in [0.5, 0.6) is 0 Å². The van der Waals surface area contributed by atoms with E-state index in [4.69, 9.17) is 28.2 Å². The minimum Gasteiger partial charge on any atom is -0.353 e. The normalized spacial score (nSPS) is 15.5. The molecule has 4 rings (SSSR count). The monoisotopic (exact) mass is 462 g/mol. The molecule has 1 fully saturated rings. The smallest absolute Gasteiger partial charge is 0.242 e. The number of nitrogens with one attached hydrogen (secondary N) is 1.